The van der Waals surface area contributed by atoms with Gasteiger partial charge in [0.15, 0.2) is 0 Å². The van der Waals surface area contributed by atoms with Crippen LogP contribution in [0.2, 0.25) is 0 Å². The molecule has 5 nitrogen and oxygen atoms in total. The van der Waals surface area contributed by atoms with Crippen molar-refractivity contribution >= 4 is 33.6 Å². The third-order valence-corrected chi connectivity index (χ3v) is 4.81. The number of urea groups is 1. The van der Waals surface area contributed by atoms with Gasteiger partial charge in [-0.3, -0.25) is 4.79 Å². The molecule has 3 unspecified atom stereocenters. The lowest BCUT2D eigenvalue weighted by Crippen LogP contribution is -2.45. The van der Waals surface area contributed by atoms with E-state index in [1.54, 1.807) is 6.92 Å². The first kappa shape index (κ1) is 18.6. The van der Waals surface area contributed by atoms with Crippen LogP contribution >= 0.6 is 15.9 Å². The summed E-state index contributed by atoms with van der Waals surface area (Å²) in [6.45, 7) is 9.61. The van der Waals surface area contributed by atoms with Crippen molar-refractivity contribution in [1.82, 2.24) is 5.32 Å². The average Bonchev–Trinajstić information content (AvgIpc) is 2.45. The molecule has 0 aromatic heterocycles. The molecule has 1 heterocycles. The van der Waals surface area contributed by atoms with Crippen LogP contribution in [0.25, 0.3) is 0 Å². The molecule has 1 aromatic rings. The summed E-state index contributed by atoms with van der Waals surface area (Å²) >= 11 is 3.42. The molecular weight excluding hydrogens is 372 g/mol. The number of hydrogen-bond donors (Lipinski definition) is 1. The van der Waals surface area contributed by atoms with E-state index in [2.05, 4.69) is 26.2 Å². The van der Waals surface area contributed by atoms with Crippen LogP contribution in [-0.2, 0) is 9.53 Å². The van der Waals surface area contributed by atoms with E-state index in [1.807, 2.05) is 52.0 Å². The fraction of sp³-hybridized carbons (Fsp3) is 0.500. The van der Waals surface area contributed by atoms with Gasteiger partial charge in [-0.1, -0.05) is 48.8 Å². The summed E-state index contributed by atoms with van der Waals surface area (Å²) in [4.78, 5) is 28.5. The Morgan fingerprint density at radius 3 is 2.62 bits per heavy atom. The molecule has 6 heteroatoms. The van der Waals surface area contributed by atoms with Gasteiger partial charge in [0.1, 0.15) is 12.0 Å². The number of rotatable bonds is 3. The Labute approximate surface area is 151 Å². The molecule has 2 rings (SSSR count). The maximum absolute atomic E-state index is 12.8. The summed E-state index contributed by atoms with van der Waals surface area (Å²) < 4.78 is 6.54. The zero-order chi connectivity index (χ0) is 18.1. The molecule has 1 aliphatic rings. The van der Waals surface area contributed by atoms with E-state index in [9.17, 15) is 9.59 Å². The van der Waals surface area contributed by atoms with E-state index >= 15 is 0 Å². The van der Waals surface area contributed by atoms with Crippen molar-refractivity contribution in [3.63, 3.8) is 0 Å². The zero-order valence-corrected chi connectivity index (χ0v) is 16.2. The lowest BCUT2D eigenvalue weighted by atomic mass is 9.87. The second-order valence-electron chi connectivity index (χ2n) is 7.16. The van der Waals surface area contributed by atoms with Crippen molar-refractivity contribution < 1.29 is 14.3 Å². The zero-order valence-electron chi connectivity index (χ0n) is 14.6. The van der Waals surface area contributed by atoms with Crippen LogP contribution in [0.15, 0.2) is 33.7 Å². The molecule has 0 spiro atoms. The van der Waals surface area contributed by atoms with Crippen molar-refractivity contribution in [2.75, 3.05) is 0 Å². The predicted octanol–water partition coefficient (Wildman–Crippen LogP) is 4.27. The molecule has 0 fully saturated rings. The Hall–Kier alpha value is -1.69. The van der Waals surface area contributed by atoms with E-state index in [1.165, 1.54) is 0 Å². The molecule has 0 saturated carbocycles. The lowest BCUT2D eigenvalue weighted by Gasteiger charge is -2.33. The van der Waals surface area contributed by atoms with Gasteiger partial charge in [-0.25, -0.2) is 9.79 Å². The number of ether oxygens (including phenoxy) is 1. The van der Waals surface area contributed by atoms with Crippen LogP contribution in [0.3, 0.4) is 0 Å². The van der Waals surface area contributed by atoms with Gasteiger partial charge in [0.2, 0.25) is 0 Å². The summed E-state index contributed by atoms with van der Waals surface area (Å²) in [7, 11) is 0. The molecule has 0 bridgehead atoms. The number of esters is 1. The molecule has 3 atom stereocenters. The van der Waals surface area contributed by atoms with Gasteiger partial charge in [-0.2, -0.15) is 0 Å². The standard InChI is InChI=1S/C18H23BrN2O3/c1-10-14(16(22)24-11(2)18(3,4)5)15(21-17(23)20-10)12-7-6-8-13(19)9-12/h6-9,11,14-15H,1-5H3,(H,21,23). The summed E-state index contributed by atoms with van der Waals surface area (Å²) in [5.41, 5.74) is 1.14. The summed E-state index contributed by atoms with van der Waals surface area (Å²) in [5, 5.41) is 2.79. The highest BCUT2D eigenvalue weighted by Gasteiger charge is 2.39. The second kappa shape index (κ2) is 7.05. The molecular formula is C18H23BrN2O3. The summed E-state index contributed by atoms with van der Waals surface area (Å²) in [6, 6.07) is 6.59. The van der Waals surface area contributed by atoms with Gasteiger partial charge >= 0.3 is 12.0 Å². The third kappa shape index (κ3) is 4.23. The fourth-order valence-electron chi connectivity index (χ4n) is 2.43. The van der Waals surface area contributed by atoms with Crippen molar-refractivity contribution in [2.45, 2.75) is 46.8 Å². The Morgan fingerprint density at radius 2 is 2.04 bits per heavy atom. The first-order chi connectivity index (χ1) is 11.1. The molecule has 24 heavy (non-hydrogen) atoms. The van der Waals surface area contributed by atoms with Gasteiger partial charge in [-0.05, 0) is 37.0 Å². The van der Waals surface area contributed by atoms with Gasteiger partial charge in [0.05, 0.1) is 6.04 Å². The largest absolute Gasteiger partial charge is 0.462 e. The van der Waals surface area contributed by atoms with E-state index in [0.29, 0.717) is 5.71 Å². The minimum Gasteiger partial charge on any atom is -0.462 e. The first-order valence-corrected chi connectivity index (χ1v) is 8.70. The monoisotopic (exact) mass is 394 g/mol. The predicted molar refractivity (Wildman–Crippen MR) is 97.0 cm³/mol. The molecule has 1 aliphatic heterocycles. The number of benzene rings is 1. The van der Waals surface area contributed by atoms with E-state index in [0.717, 1.165) is 10.0 Å². The Balaban J connectivity index is 2.33. The van der Waals surface area contributed by atoms with Crippen LogP contribution in [0.1, 0.15) is 46.2 Å². The van der Waals surface area contributed by atoms with Crippen molar-refractivity contribution in [3.8, 4) is 0 Å². The van der Waals surface area contributed by atoms with Gasteiger partial charge in [-0.15, -0.1) is 0 Å². The maximum atomic E-state index is 12.8. The van der Waals surface area contributed by atoms with Gasteiger partial charge < -0.3 is 10.1 Å². The van der Waals surface area contributed by atoms with Crippen molar-refractivity contribution in [2.24, 2.45) is 16.3 Å². The number of hydrogen-bond acceptors (Lipinski definition) is 3. The highest BCUT2D eigenvalue weighted by molar-refractivity contribution is 9.10. The summed E-state index contributed by atoms with van der Waals surface area (Å²) in [6.07, 6.45) is -0.251. The molecule has 0 radical (unpaired) electrons. The number of carbonyl (C=O) groups is 2. The van der Waals surface area contributed by atoms with Crippen LogP contribution in [0, 0.1) is 11.3 Å². The average molecular weight is 395 g/mol. The SMILES string of the molecule is CC1=NC(=O)NC(c2cccc(Br)c2)C1C(=O)OC(C)C(C)(C)C. The summed E-state index contributed by atoms with van der Waals surface area (Å²) in [5.74, 6) is -1.01. The van der Waals surface area contributed by atoms with Crippen LogP contribution in [0.5, 0.6) is 0 Å². The minimum atomic E-state index is -0.637. The topological polar surface area (TPSA) is 67.8 Å². The molecule has 130 valence electrons. The molecule has 1 N–H and O–H groups in total. The van der Waals surface area contributed by atoms with Crippen molar-refractivity contribution in [1.29, 1.82) is 0 Å². The highest BCUT2D eigenvalue weighted by atomic mass is 79.9. The molecule has 2 amide bonds. The van der Waals surface area contributed by atoms with Gasteiger partial charge in [0, 0.05) is 10.2 Å². The first-order valence-electron chi connectivity index (χ1n) is 7.91. The van der Waals surface area contributed by atoms with Crippen molar-refractivity contribution in [3.05, 3.63) is 34.3 Å². The number of nitrogens with one attached hydrogen (secondary N) is 1. The molecule has 0 aliphatic carbocycles. The fourth-order valence-corrected chi connectivity index (χ4v) is 2.84. The Kier molecular flexibility index (Phi) is 5.48. The van der Waals surface area contributed by atoms with Crippen LogP contribution in [-0.4, -0.2) is 23.8 Å². The molecule has 0 saturated heterocycles. The highest BCUT2D eigenvalue weighted by Crippen LogP contribution is 2.31. The smallest absolute Gasteiger partial charge is 0.341 e. The Morgan fingerprint density at radius 1 is 1.38 bits per heavy atom. The maximum Gasteiger partial charge on any atom is 0.341 e. The number of carbonyl (C=O) groups excluding carboxylic acids is 2. The number of nitrogens with zero attached hydrogens (tertiary/aromatic N) is 1. The molecule has 1 aromatic carbocycles. The second-order valence-corrected chi connectivity index (χ2v) is 8.07. The minimum absolute atomic E-state index is 0.163. The van der Waals surface area contributed by atoms with E-state index < -0.39 is 18.0 Å². The number of aliphatic imine (C=N–C) groups is 1. The lowest BCUT2D eigenvalue weighted by molar-refractivity contribution is -0.156. The number of amides is 2. The Bertz CT molecular complexity index is 679. The quantitative estimate of drug-likeness (QED) is 0.778. The van der Waals surface area contributed by atoms with Crippen LogP contribution < -0.4 is 5.32 Å². The third-order valence-electron chi connectivity index (χ3n) is 4.31. The van der Waals surface area contributed by atoms with Crippen LogP contribution in [0.4, 0.5) is 4.79 Å². The van der Waals surface area contributed by atoms with E-state index in [-0.39, 0.29) is 17.5 Å². The number of halogens is 1. The normalized spacial score (nSPS) is 22.4. The van der Waals surface area contributed by atoms with E-state index in [4.69, 9.17) is 4.74 Å². The van der Waals surface area contributed by atoms with Gasteiger partial charge in [0.25, 0.3) is 0 Å².